The molecule has 0 aliphatic rings. The van der Waals surface area contributed by atoms with Crippen molar-refractivity contribution >= 4 is 0 Å². The van der Waals surface area contributed by atoms with Crippen LogP contribution in [-0.2, 0) is 6.54 Å². The summed E-state index contributed by atoms with van der Waals surface area (Å²) in [6.07, 6.45) is 0. The van der Waals surface area contributed by atoms with Gasteiger partial charge in [-0.25, -0.2) is 0 Å². The largest absolute Gasteiger partial charge is 0.497 e. The van der Waals surface area contributed by atoms with Crippen LogP contribution in [0.15, 0.2) is 18.2 Å². The second kappa shape index (κ2) is 3.39. The lowest BCUT2D eigenvalue weighted by molar-refractivity contribution is 0.414. The summed E-state index contributed by atoms with van der Waals surface area (Å²) in [6, 6.07) is 5.91. The predicted octanol–water partition coefficient (Wildman–Crippen LogP) is 1.46. The molecule has 0 aromatic heterocycles. The van der Waals surface area contributed by atoms with Crippen LogP contribution in [0.2, 0.25) is 0 Å². The third kappa shape index (κ3) is 1.71. The lowest BCUT2D eigenvalue weighted by atomic mass is 10.1. The van der Waals surface area contributed by atoms with Crippen molar-refractivity contribution in [3.63, 3.8) is 0 Å². The van der Waals surface area contributed by atoms with Crippen LogP contribution in [0.4, 0.5) is 0 Å². The Balaban J connectivity index is 2.99. The summed E-state index contributed by atoms with van der Waals surface area (Å²) in [6.45, 7) is 2.63. The Labute approximate surface area is 67.0 Å². The SMILES string of the molecule is COc1ccc(CN)c(C)c1. The zero-order valence-corrected chi connectivity index (χ0v) is 6.92. The van der Waals surface area contributed by atoms with E-state index >= 15 is 0 Å². The van der Waals surface area contributed by atoms with Crippen LogP contribution in [0.3, 0.4) is 0 Å². The van der Waals surface area contributed by atoms with E-state index in [1.807, 2.05) is 25.1 Å². The fourth-order valence-electron chi connectivity index (χ4n) is 1.02. The molecule has 0 amide bonds. The molecule has 2 heteroatoms. The van der Waals surface area contributed by atoms with E-state index in [0.717, 1.165) is 5.75 Å². The van der Waals surface area contributed by atoms with Gasteiger partial charge in [0, 0.05) is 6.54 Å². The molecule has 1 aromatic carbocycles. The van der Waals surface area contributed by atoms with Gasteiger partial charge in [-0.15, -0.1) is 0 Å². The molecule has 2 nitrogen and oxygen atoms in total. The van der Waals surface area contributed by atoms with Gasteiger partial charge in [0.15, 0.2) is 0 Å². The summed E-state index contributed by atoms with van der Waals surface area (Å²) in [5.41, 5.74) is 7.86. The fraction of sp³-hybridized carbons (Fsp3) is 0.333. The Morgan fingerprint density at radius 3 is 2.64 bits per heavy atom. The fourth-order valence-corrected chi connectivity index (χ4v) is 1.02. The second-order valence-electron chi connectivity index (χ2n) is 2.50. The molecule has 0 atom stereocenters. The van der Waals surface area contributed by atoms with Crippen molar-refractivity contribution in [1.82, 2.24) is 0 Å². The number of hydrogen-bond acceptors (Lipinski definition) is 2. The Kier molecular flexibility index (Phi) is 2.49. The molecule has 11 heavy (non-hydrogen) atoms. The van der Waals surface area contributed by atoms with Gasteiger partial charge < -0.3 is 10.5 Å². The summed E-state index contributed by atoms with van der Waals surface area (Å²) in [5.74, 6) is 0.889. The first-order valence-electron chi connectivity index (χ1n) is 3.61. The van der Waals surface area contributed by atoms with Crippen molar-refractivity contribution in [3.05, 3.63) is 29.3 Å². The van der Waals surface area contributed by atoms with Gasteiger partial charge in [-0.2, -0.15) is 0 Å². The molecule has 0 bridgehead atoms. The van der Waals surface area contributed by atoms with E-state index in [-0.39, 0.29) is 0 Å². The molecule has 0 heterocycles. The van der Waals surface area contributed by atoms with E-state index in [2.05, 4.69) is 0 Å². The molecule has 0 saturated heterocycles. The number of nitrogens with two attached hydrogens (primary N) is 1. The summed E-state index contributed by atoms with van der Waals surface area (Å²) < 4.78 is 5.05. The molecule has 0 fully saturated rings. The highest BCUT2D eigenvalue weighted by Gasteiger charge is 1.96. The zero-order valence-electron chi connectivity index (χ0n) is 6.92. The number of aryl methyl sites for hydroxylation is 1. The van der Waals surface area contributed by atoms with Crippen LogP contribution in [0, 0.1) is 6.92 Å². The van der Waals surface area contributed by atoms with Gasteiger partial charge in [-0.05, 0) is 30.2 Å². The van der Waals surface area contributed by atoms with Crippen LogP contribution in [0.5, 0.6) is 5.75 Å². The molecular formula is C9H13NO. The van der Waals surface area contributed by atoms with E-state index in [0.29, 0.717) is 6.54 Å². The van der Waals surface area contributed by atoms with Crippen molar-refractivity contribution in [1.29, 1.82) is 0 Å². The average molecular weight is 151 g/mol. The van der Waals surface area contributed by atoms with Crippen LogP contribution >= 0.6 is 0 Å². The smallest absolute Gasteiger partial charge is 0.119 e. The minimum Gasteiger partial charge on any atom is -0.497 e. The minimum absolute atomic E-state index is 0.593. The lowest BCUT2D eigenvalue weighted by Crippen LogP contribution is -1.98. The van der Waals surface area contributed by atoms with Gasteiger partial charge in [0.05, 0.1) is 7.11 Å². The maximum absolute atomic E-state index is 5.50. The number of ether oxygens (including phenoxy) is 1. The normalized spacial score (nSPS) is 9.73. The molecule has 2 N–H and O–H groups in total. The maximum Gasteiger partial charge on any atom is 0.119 e. The quantitative estimate of drug-likeness (QED) is 0.694. The van der Waals surface area contributed by atoms with Crippen LogP contribution < -0.4 is 10.5 Å². The second-order valence-corrected chi connectivity index (χ2v) is 2.50. The molecule has 0 radical (unpaired) electrons. The first-order chi connectivity index (χ1) is 5.27. The Hall–Kier alpha value is -1.02. The Morgan fingerprint density at radius 2 is 2.18 bits per heavy atom. The number of benzene rings is 1. The van der Waals surface area contributed by atoms with E-state index in [1.165, 1.54) is 11.1 Å². The molecule has 1 rings (SSSR count). The summed E-state index contributed by atoms with van der Waals surface area (Å²) >= 11 is 0. The average Bonchev–Trinajstić information content (AvgIpc) is 2.04. The molecule has 0 spiro atoms. The third-order valence-electron chi connectivity index (χ3n) is 1.77. The molecule has 0 aliphatic heterocycles. The Bertz CT molecular complexity index is 245. The number of methoxy groups -OCH3 is 1. The molecule has 0 saturated carbocycles. The van der Waals surface area contributed by atoms with E-state index in [1.54, 1.807) is 7.11 Å². The van der Waals surface area contributed by atoms with Crippen LogP contribution in [0.1, 0.15) is 11.1 Å². The molecule has 0 unspecified atom stereocenters. The zero-order chi connectivity index (χ0) is 8.27. The van der Waals surface area contributed by atoms with E-state index < -0.39 is 0 Å². The van der Waals surface area contributed by atoms with Gasteiger partial charge in [0.2, 0.25) is 0 Å². The Morgan fingerprint density at radius 1 is 1.45 bits per heavy atom. The highest BCUT2D eigenvalue weighted by molar-refractivity contribution is 5.34. The minimum atomic E-state index is 0.593. The molecule has 0 aliphatic carbocycles. The van der Waals surface area contributed by atoms with Gasteiger partial charge >= 0.3 is 0 Å². The van der Waals surface area contributed by atoms with Crippen molar-refractivity contribution in [3.8, 4) is 5.75 Å². The lowest BCUT2D eigenvalue weighted by Gasteiger charge is -2.04. The van der Waals surface area contributed by atoms with Gasteiger partial charge in [0.1, 0.15) is 5.75 Å². The van der Waals surface area contributed by atoms with E-state index in [9.17, 15) is 0 Å². The van der Waals surface area contributed by atoms with Crippen molar-refractivity contribution in [2.45, 2.75) is 13.5 Å². The van der Waals surface area contributed by atoms with Gasteiger partial charge in [-0.3, -0.25) is 0 Å². The van der Waals surface area contributed by atoms with E-state index in [4.69, 9.17) is 10.5 Å². The molecule has 60 valence electrons. The summed E-state index contributed by atoms with van der Waals surface area (Å²) in [7, 11) is 1.66. The van der Waals surface area contributed by atoms with Gasteiger partial charge in [0.25, 0.3) is 0 Å². The number of hydrogen-bond donors (Lipinski definition) is 1. The summed E-state index contributed by atoms with van der Waals surface area (Å²) in [5, 5.41) is 0. The molecule has 1 aromatic rings. The third-order valence-corrected chi connectivity index (χ3v) is 1.77. The van der Waals surface area contributed by atoms with Crippen molar-refractivity contribution in [2.24, 2.45) is 5.73 Å². The first kappa shape index (κ1) is 8.08. The highest BCUT2D eigenvalue weighted by atomic mass is 16.5. The first-order valence-corrected chi connectivity index (χ1v) is 3.61. The highest BCUT2D eigenvalue weighted by Crippen LogP contribution is 2.15. The van der Waals surface area contributed by atoms with Crippen LogP contribution in [-0.4, -0.2) is 7.11 Å². The predicted molar refractivity (Wildman–Crippen MR) is 45.6 cm³/mol. The van der Waals surface area contributed by atoms with Crippen molar-refractivity contribution in [2.75, 3.05) is 7.11 Å². The summed E-state index contributed by atoms with van der Waals surface area (Å²) in [4.78, 5) is 0. The monoisotopic (exact) mass is 151 g/mol. The maximum atomic E-state index is 5.50. The van der Waals surface area contributed by atoms with Crippen molar-refractivity contribution < 1.29 is 4.74 Å². The number of rotatable bonds is 2. The standard InChI is InChI=1S/C9H13NO/c1-7-5-9(11-2)4-3-8(7)6-10/h3-5H,6,10H2,1-2H3. The van der Waals surface area contributed by atoms with Gasteiger partial charge in [-0.1, -0.05) is 6.07 Å². The topological polar surface area (TPSA) is 35.2 Å². The van der Waals surface area contributed by atoms with Crippen LogP contribution in [0.25, 0.3) is 0 Å². The molecular weight excluding hydrogens is 138 g/mol.